The molecule has 0 aliphatic heterocycles. The summed E-state index contributed by atoms with van der Waals surface area (Å²) < 4.78 is 22.2. The van der Waals surface area contributed by atoms with Gasteiger partial charge in [0.1, 0.15) is 0 Å². The van der Waals surface area contributed by atoms with Crippen LogP contribution in [0.5, 0.6) is 17.2 Å². The maximum absolute atomic E-state index is 12.0. The molecule has 6 nitrogen and oxygen atoms in total. The first-order valence-electron chi connectivity index (χ1n) is 9.87. The van der Waals surface area contributed by atoms with Gasteiger partial charge in [-0.3, -0.25) is 4.79 Å². The zero-order valence-electron chi connectivity index (χ0n) is 17.1. The largest absolute Gasteiger partial charge is 0.493 e. The van der Waals surface area contributed by atoms with Gasteiger partial charge in [-0.15, -0.1) is 0 Å². The minimum absolute atomic E-state index is 0.173. The van der Waals surface area contributed by atoms with E-state index in [1.54, 1.807) is 13.2 Å². The number of ketones is 1. The zero-order chi connectivity index (χ0) is 20.8. The molecule has 0 atom stereocenters. The summed E-state index contributed by atoms with van der Waals surface area (Å²) >= 11 is 0. The Morgan fingerprint density at radius 1 is 1.00 bits per heavy atom. The van der Waals surface area contributed by atoms with Crippen LogP contribution in [0.2, 0.25) is 0 Å². The second-order valence-electron chi connectivity index (χ2n) is 6.71. The topological polar surface area (TPSA) is 71.1 Å². The van der Waals surface area contributed by atoms with Crippen molar-refractivity contribution >= 4 is 11.8 Å². The standard InChI is InChI=1S/C23H26O6/c1-4-12-28-21(25)14-29-22-18(9-11-20(26-3)23(22)27-5-2)16-6-8-17-15(13-16)7-10-19(17)24/h6,8-9,11,13H,4-5,7,10,12,14H2,1-3H3. The fourth-order valence-corrected chi connectivity index (χ4v) is 3.37. The summed E-state index contributed by atoms with van der Waals surface area (Å²) in [5.74, 6) is 1.11. The number of hydrogen-bond donors (Lipinski definition) is 0. The van der Waals surface area contributed by atoms with Gasteiger partial charge in [-0.2, -0.15) is 0 Å². The molecular formula is C23H26O6. The number of Topliss-reactive ketones (excluding diaryl/α,β-unsaturated/α-hetero) is 1. The molecule has 0 saturated heterocycles. The van der Waals surface area contributed by atoms with Gasteiger partial charge < -0.3 is 18.9 Å². The Labute approximate surface area is 170 Å². The summed E-state index contributed by atoms with van der Waals surface area (Å²) in [7, 11) is 1.55. The number of aryl methyl sites for hydroxylation is 1. The Bertz CT molecular complexity index is 902. The third-order valence-corrected chi connectivity index (χ3v) is 4.72. The van der Waals surface area contributed by atoms with Crippen LogP contribution < -0.4 is 14.2 Å². The number of carbonyl (C=O) groups excluding carboxylic acids is 2. The second kappa shape index (κ2) is 9.45. The van der Waals surface area contributed by atoms with Crippen molar-refractivity contribution in [2.24, 2.45) is 0 Å². The van der Waals surface area contributed by atoms with Crippen molar-refractivity contribution in [2.45, 2.75) is 33.1 Å². The number of esters is 1. The summed E-state index contributed by atoms with van der Waals surface area (Å²) in [6, 6.07) is 9.42. The number of methoxy groups -OCH3 is 1. The normalized spacial score (nSPS) is 12.4. The van der Waals surface area contributed by atoms with E-state index in [1.165, 1.54) is 0 Å². The Morgan fingerprint density at radius 2 is 1.79 bits per heavy atom. The lowest BCUT2D eigenvalue weighted by atomic mass is 9.99. The monoisotopic (exact) mass is 398 g/mol. The fraction of sp³-hybridized carbons (Fsp3) is 0.391. The van der Waals surface area contributed by atoms with Crippen LogP contribution in [0.15, 0.2) is 30.3 Å². The number of ether oxygens (including phenoxy) is 4. The van der Waals surface area contributed by atoms with Gasteiger partial charge in [0.2, 0.25) is 5.75 Å². The van der Waals surface area contributed by atoms with Crippen molar-refractivity contribution in [2.75, 3.05) is 26.9 Å². The van der Waals surface area contributed by atoms with Gasteiger partial charge in [-0.25, -0.2) is 4.79 Å². The van der Waals surface area contributed by atoms with Crippen LogP contribution in [0, 0.1) is 0 Å². The van der Waals surface area contributed by atoms with Gasteiger partial charge in [-0.1, -0.05) is 25.1 Å². The van der Waals surface area contributed by atoms with E-state index in [9.17, 15) is 9.59 Å². The number of fused-ring (bicyclic) bond motifs is 1. The van der Waals surface area contributed by atoms with Crippen molar-refractivity contribution in [3.63, 3.8) is 0 Å². The highest BCUT2D eigenvalue weighted by Gasteiger charge is 2.23. The number of benzene rings is 2. The van der Waals surface area contributed by atoms with Crippen LogP contribution in [-0.4, -0.2) is 38.7 Å². The molecule has 0 radical (unpaired) electrons. The first kappa shape index (κ1) is 20.7. The minimum Gasteiger partial charge on any atom is -0.493 e. The van der Waals surface area contributed by atoms with E-state index in [-0.39, 0.29) is 12.4 Å². The third-order valence-electron chi connectivity index (χ3n) is 4.72. The lowest BCUT2D eigenvalue weighted by molar-refractivity contribution is -0.146. The van der Waals surface area contributed by atoms with Crippen molar-refractivity contribution in [1.82, 2.24) is 0 Å². The van der Waals surface area contributed by atoms with Crippen LogP contribution in [0.3, 0.4) is 0 Å². The van der Waals surface area contributed by atoms with Gasteiger partial charge in [0.15, 0.2) is 23.9 Å². The van der Waals surface area contributed by atoms with E-state index in [1.807, 2.05) is 38.1 Å². The summed E-state index contributed by atoms with van der Waals surface area (Å²) in [6.07, 6.45) is 2.02. The molecule has 154 valence electrons. The summed E-state index contributed by atoms with van der Waals surface area (Å²) in [5, 5.41) is 0. The number of hydrogen-bond acceptors (Lipinski definition) is 6. The molecule has 2 aromatic rings. The predicted molar refractivity (Wildman–Crippen MR) is 109 cm³/mol. The number of carbonyl (C=O) groups is 2. The van der Waals surface area contributed by atoms with Crippen LogP contribution in [0.4, 0.5) is 0 Å². The first-order chi connectivity index (χ1) is 14.1. The highest BCUT2D eigenvalue weighted by atomic mass is 16.6. The van der Waals surface area contributed by atoms with Gasteiger partial charge in [0.05, 0.1) is 20.3 Å². The van der Waals surface area contributed by atoms with E-state index < -0.39 is 5.97 Å². The molecule has 0 fully saturated rings. The first-order valence-corrected chi connectivity index (χ1v) is 9.87. The van der Waals surface area contributed by atoms with Crippen LogP contribution in [-0.2, 0) is 16.0 Å². The van der Waals surface area contributed by atoms with E-state index in [0.29, 0.717) is 36.9 Å². The zero-order valence-corrected chi connectivity index (χ0v) is 17.1. The van der Waals surface area contributed by atoms with Crippen molar-refractivity contribution in [3.05, 3.63) is 41.5 Å². The lowest BCUT2D eigenvalue weighted by Gasteiger charge is -2.19. The highest BCUT2D eigenvalue weighted by molar-refractivity contribution is 6.01. The highest BCUT2D eigenvalue weighted by Crippen LogP contribution is 2.45. The summed E-state index contributed by atoms with van der Waals surface area (Å²) in [6.45, 7) is 4.33. The molecule has 0 spiro atoms. The van der Waals surface area contributed by atoms with E-state index in [2.05, 4.69) is 0 Å². The average Bonchev–Trinajstić information content (AvgIpc) is 3.11. The van der Waals surface area contributed by atoms with Gasteiger partial charge >= 0.3 is 5.97 Å². The van der Waals surface area contributed by atoms with Crippen LogP contribution >= 0.6 is 0 Å². The molecule has 29 heavy (non-hydrogen) atoms. The lowest BCUT2D eigenvalue weighted by Crippen LogP contribution is -2.16. The third kappa shape index (κ3) is 4.53. The molecule has 1 aliphatic carbocycles. The maximum Gasteiger partial charge on any atom is 0.344 e. The van der Waals surface area contributed by atoms with Gasteiger partial charge in [0.25, 0.3) is 0 Å². The molecule has 0 amide bonds. The molecule has 0 unspecified atom stereocenters. The Balaban J connectivity index is 2.00. The predicted octanol–water partition coefficient (Wildman–Crippen LogP) is 4.22. The van der Waals surface area contributed by atoms with E-state index in [0.717, 1.165) is 35.1 Å². The SMILES string of the molecule is CCCOC(=O)COc1c(-c2ccc3c(c2)CCC3=O)ccc(OC)c1OCC. The summed E-state index contributed by atoms with van der Waals surface area (Å²) in [4.78, 5) is 23.9. The van der Waals surface area contributed by atoms with Crippen LogP contribution in [0.1, 0.15) is 42.6 Å². The Hall–Kier alpha value is -3.02. The van der Waals surface area contributed by atoms with Crippen molar-refractivity contribution < 1.29 is 28.5 Å². The molecule has 0 bridgehead atoms. The van der Waals surface area contributed by atoms with Crippen molar-refractivity contribution in [1.29, 1.82) is 0 Å². The molecule has 6 heteroatoms. The second-order valence-corrected chi connectivity index (χ2v) is 6.71. The van der Waals surface area contributed by atoms with Crippen molar-refractivity contribution in [3.8, 4) is 28.4 Å². The molecule has 0 aromatic heterocycles. The van der Waals surface area contributed by atoms with E-state index >= 15 is 0 Å². The summed E-state index contributed by atoms with van der Waals surface area (Å²) in [5.41, 5.74) is 3.45. The van der Waals surface area contributed by atoms with E-state index in [4.69, 9.17) is 18.9 Å². The average molecular weight is 398 g/mol. The molecular weight excluding hydrogens is 372 g/mol. The molecule has 0 N–H and O–H groups in total. The Morgan fingerprint density at radius 3 is 2.52 bits per heavy atom. The smallest absolute Gasteiger partial charge is 0.344 e. The van der Waals surface area contributed by atoms with Gasteiger partial charge in [-0.05, 0) is 43.0 Å². The number of rotatable bonds is 9. The molecule has 3 rings (SSSR count). The molecule has 2 aromatic carbocycles. The molecule has 0 saturated carbocycles. The fourth-order valence-electron chi connectivity index (χ4n) is 3.37. The van der Waals surface area contributed by atoms with Crippen LogP contribution in [0.25, 0.3) is 11.1 Å². The maximum atomic E-state index is 12.0. The van der Waals surface area contributed by atoms with Gasteiger partial charge in [0, 0.05) is 17.5 Å². The molecule has 0 heterocycles. The minimum atomic E-state index is -0.442. The quantitative estimate of drug-likeness (QED) is 0.589. The molecule has 1 aliphatic rings. The Kier molecular flexibility index (Phi) is 6.75.